The van der Waals surface area contributed by atoms with E-state index in [9.17, 15) is 4.79 Å². The van der Waals surface area contributed by atoms with E-state index >= 15 is 0 Å². The Balaban J connectivity index is 1.71. The lowest BCUT2D eigenvalue weighted by atomic mass is 10.1. The molecule has 0 amide bonds. The Bertz CT molecular complexity index is 863. The number of benzene rings is 1. The maximum absolute atomic E-state index is 11.3. The Labute approximate surface area is 146 Å². The van der Waals surface area contributed by atoms with Gasteiger partial charge < -0.3 is 10.6 Å². The summed E-state index contributed by atoms with van der Waals surface area (Å²) in [7, 11) is 0. The van der Waals surface area contributed by atoms with E-state index in [1.807, 2.05) is 43.3 Å². The van der Waals surface area contributed by atoms with Gasteiger partial charge in [-0.2, -0.15) is 4.98 Å². The van der Waals surface area contributed by atoms with Gasteiger partial charge in [-0.05, 0) is 50.2 Å². The molecule has 2 aromatic heterocycles. The van der Waals surface area contributed by atoms with E-state index in [1.165, 1.54) is 0 Å². The summed E-state index contributed by atoms with van der Waals surface area (Å²) >= 11 is 0. The molecule has 0 saturated carbocycles. The zero-order valence-electron chi connectivity index (χ0n) is 14.2. The minimum absolute atomic E-state index is 0.0411. The molecule has 3 aromatic rings. The van der Waals surface area contributed by atoms with Crippen molar-refractivity contribution in [3.8, 4) is 0 Å². The second-order valence-corrected chi connectivity index (χ2v) is 5.65. The molecule has 0 unspecified atom stereocenters. The third-order valence-corrected chi connectivity index (χ3v) is 3.58. The van der Waals surface area contributed by atoms with Crippen LogP contribution in [0, 0.1) is 6.92 Å². The van der Waals surface area contributed by atoms with E-state index in [0.29, 0.717) is 18.1 Å². The van der Waals surface area contributed by atoms with Crippen LogP contribution in [-0.4, -0.2) is 20.7 Å². The molecule has 0 spiro atoms. The fourth-order valence-electron chi connectivity index (χ4n) is 2.32. The van der Waals surface area contributed by atoms with Crippen LogP contribution in [0.3, 0.4) is 0 Å². The number of carbonyl (C=O) groups is 1. The highest BCUT2D eigenvalue weighted by Gasteiger charge is 2.04. The third-order valence-electron chi connectivity index (χ3n) is 3.58. The Morgan fingerprint density at radius 1 is 1.08 bits per heavy atom. The number of Topliss-reactive ketones (excluding diaryl/α,β-unsaturated/α-hetero) is 1. The van der Waals surface area contributed by atoms with Crippen LogP contribution < -0.4 is 10.6 Å². The maximum atomic E-state index is 11.3. The number of hydrogen-bond acceptors (Lipinski definition) is 6. The van der Waals surface area contributed by atoms with Gasteiger partial charge in [0.15, 0.2) is 5.78 Å². The van der Waals surface area contributed by atoms with Crippen LogP contribution >= 0.6 is 0 Å². The molecule has 1 aromatic carbocycles. The second kappa shape index (κ2) is 7.53. The van der Waals surface area contributed by atoms with Gasteiger partial charge in [0.1, 0.15) is 5.82 Å². The number of pyridine rings is 1. The molecular formula is C19H19N5O. The molecule has 25 heavy (non-hydrogen) atoms. The fourth-order valence-corrected chi connectivity index (χ4v) is 2.32. The first-order valence-corrected chi connectivity index (χ1v) is 7.97. The minimum Gasteiger partial charge on any atom is -0.364 e. The molecule has 0 atom stereocenters. The van der Waals surface area contributed by atoms with Crippen molar-refractivity contribution < 1.29 is 4.79 Å². The van der Waals surface area contributed by atoms with Crippen molar-refractivity contribution in [2.24, 2.45) is 0 Å². The van der Waals surface area contributed by atoms with Gasteiger partial charge in [-0.3, -0.25) is 9.78 Å². The first-order valence-electron chi connectivity index (χ1n) is 7.97. The molecular weight excluding hydrogens is 314 g/mol. The van der Waals surface area contributed by atoms with Gasteiger partial charge in [0, 0.05) is 29.2 Å². The molecule has 0 saturated heterocycles. The molecule has 0 radical (unpaired) electrons. The van der Waals surface area contributed by atoms with Crippen molar-refractivity contribution in [2.45, 2.75) is 20.4 Å². The molecule has 3 rings (SSSR count). The standard InChI is InChI=1S/C19H19N5O/c1-13-11-18(21-12-17-5-3-4-10-20-17)24-19(22-13)23-16-8-6-15(7-9-16)14(2)25/h3-11H,12H2,1-2H3,(H2,21,22,23,24). The summed E-state index contributed by atoms with van der Waals surface area (Å²) in [4.78, 5) is 24.5. The Morgan fingerprint density at radius 3 is 2.56 bits per heavy atom. The van der Waals surface area contributed by atoms with Gasteiger partial charge in [0.25, 0.3) is 0 Å². The summed E-state index contributed by atoms with van der Waals surface area (Å²) < 4.78 is 0. The SMILES string of the molecule is CC(=O)c1ccc(Nc2nc(C)cc(NCc3ccccn3)n2)cc1. The van der Waals surface area contributed by atoms with Crippen molar-refractivity contribution >= 4 is 23.2 Å². The van der Waals surface area contributed by atoms with Crippen molar-refractivity contribution in [3.63, 3.8) is 0 Å². The third kappa shape index (κ3) is 4.60. The number of aryl methyl sites for hydroxylation is 1. The zero-order chi connectivity index (χ0) is 17.6. The number of anilines is 3. The number of hydrogen-bond donors (Lipinski definition) is 2. The smallest absolute Gasteiger partial charge is 0.229 e. The van der Waals surface area contributed by atoms with Crippen molar-refractivity contribution in [2.75, 3.05) is 10.6 Å². The summed E-state index contributed by atoms with van der Waals surface area (Å²) in [6.07, 6.45) is 1.76. The van der Waals surface area contributed by atoms with Crippen LogP contribution in [0.1, 0.15) is 28.7 Å². The lowest BCUT2D eigenvalue weighted by Crippen LogP contribution is -2.06. The van der Waals surface area contributed by atoms with Crippen LogP contribution in [0.5, 0.6) is 0 Å². The van der Waals surface area contributed by atoms with Crippen LogP contribution in [0.25, 0.3) is 0 Å². The summed E-state index contributed by atoms with van der Waals surface area (Å²) in [5.41, 5.74) is 3.29. The molecule has 2 N–H and O–H groups in total. The van der Waals surface area contributed by atoms with Gasteiger partial charge >= 0.3 is 0 Å². The van der Waals surface area contributed by atoms with Crippen molar-refractivity contribution in [1.82, 2.24) is 15.0 Å². The number of nitrogens with one attached hydrogen (secondary N) is 2. The number of aromatic nitrogens is 3. The average Bonchev–Trinajstić information content (AvgIpc) is 2.61. The molecule has 0 bridgehead atoms. The highest BCUT2D eigenvalue weighted by atomic mass is 16.1. The van der Waals surface area contributed by atoms with Crippen LogP contribution in [-0.2, 0) is 6.54 Å². The number of nitrogens with zero attached hydrogens (tertiary/aromatic N) is 3. The van der Waals surface area contributed by atoms with Crippen LogP contribution in [0.15, 0.2) is 54.7 Å². The maximum Gasteiger partial charge on any atom is 0.229 e. The molecule has 126 valence electrons. The molecule has 0 aliphatic heterocycles. The Hall–Kier alpha value is -3.28. The molecule has 6 nitrogen and oxygen atoms in total. The highest BCUT2D eigenvalue weighted by molar-refractivity contribution is 5.94. The topological polar surface area (TPSA) is 79.8 Å². The van der Waals surface area contributed by atoms with Crippen molar-refractivity contribution in [3.05, 3.63) is 71.7 Å². The predicted octanol–water partition coefficient (Wildman–Crippen LogP) is 3.74. The number of ketones is 1. The molecule has 0 aliphatic carbocycles. The minimum atomic E-state index is 0.0411. The Kier molecular flexibility index (Phi) is 4.99. The molecule has 2 heterocycles. The Morgan fingerprint density at radius 2 is 1.88 bits per heavy atom. The first-order chi connectivity index (χ1) is 12.1. The quantitative estimate of drug-likeness (QED) is 0.669. The lowest BCUT2D eigenvalue weighted by Gasteiger charge is -2.10. The van der Waals surface area contributed by atoms with E-state index < -0.39 is 0 Å². The first kappa shape index (κ1) is 16.6. The second-order valence-electron chi connectivity index (χ2n) is 5.65. The monoisotopic (exact) mass is 333 g/mol. The van der Waals surface area contributed by atoms with Crippen LogP contribution in [0.2, 0.25) is 0 Å². The van der Waals surface area contributed by atoms with E-state index in [-0.39, 0.29) is 5.78 Å². The van der Waals surface area contributed by atoms with Crippen LogP contribution in [0.4, 0.5) is 17.5 Å². The normalized spacial score (nSPS) is 10.3. The van der Waals surface area contributed by atoms with Crippen molar-refractivity contribution in [1.29, 1.82) is 0 Å². The summed E-state index contributed by atoms with van der Waals surface area (Å²) in [5, 5.41) is 6.41. The average molecular weight is 333 g/mol. The number of rotatable bonds is 6. The largest absolute Gasteiger partial charge is 0.364 e. The van der Waals surface area contributed by atoms with E-state index in [2.05, 4.69) is 25.6 Å². The number of carbonyl (C=O) groups excluding carboxylic acids is 1. The highest BCUT2D eigenvalue weighted by Crippen LogP contribution is 2.17. The van der Waals surface area contributed by atoms with E-state index in [0.717, 1.165) is 22.9 Å². The molecule has 0 aliphatic rings. The van der Waals surface area contributed by atoms with Gasteiger partial charge in [-0.1, -0.05) is 6.07 Å². The molecule has 0 fully saturated rings. The lowest BCUT2D eigenvalue weighted by molar-refractivity contribution is 0.101. The fraction of sp³-hybridized carbons (Fsp3) is 0.158. The van der Waals surface area contributed by atoms with Gasteiger partial charge in [-0.15, -0.1) is 0 Å². The van der Waals surface area contributed by atoms with Gasteiger partial charge in [0.2, 0.25) is 5.95 Å². The van der Waals surface area contributed by atoms with Gasteiger partial charge in [-0.25, -0.2) is 4.98 Å². The predicted molar refractivity (Wildman–Crippen MR) is 98.1 cm³/mol. The summed E-state index contributed by atoms with van der Waals surface area (Å²) in [5.74, 6) is 1.26. The van der Waals surface area contributed by atoms with E-state index in [1.54, 1.807) is 25.3 Å². The zero-order valence-corrected chi connectivity index (χ0v) is 14.2. The van der Waals surface area contributed by atoms with Gasteiger partial charge in [0.05, 0.1) is 12.2 Å². The summed E-state index contributed by atoms with van der Waals surface area (Å²) in [6, 6.07) is 14.9. The summed E-state index contributed by atoms with van der Waals surface area (Å²) in [6.45, 7) is 4.05. The molecule has 6 heteroatoms. The van der Waals surface area contributed by atoms with E-state index in [4.69, 9.17) is 0 Å².